The summed E-state index contributed by atoms with van der Waals surface area (Å²) in [5, 5.41) is 0. The SMILES string of the molecule is Cc1c2c(n(C)c1C)C1(c3ccccc3-c3ccccc31)c1ccccc1-2. The Balaban J connectivity index is 1.91. The fourth-order valence-electron chi connectivity index (χ4n) is 5.65. The third-order valence-electron chi connectivity index (χ3n) is 6.90. The zero-order valence-electron chi connectivity index (χ0n) is 15.9. The molecule has 0 aliphatic heterocycles. The molecule has 1 nitrogen and oxygen atoms in total. The Hall–Kier alpha value is -3.06. The normalized spacial score (nSPS) is 14.8. The number of benzene rings is 3. The van der Waals surface area contributed by atoms with E-state index < -0.39 is 0 Å². The van der Waals surface area contributed by atoms with Gasteiger partial charge in [0.2, 0.25) is 0 Å². The van der Waals surface area contributed by atoms with Gasteiger partial charge in [-0.05, 0) is 52.8 Å². The average Bonchev–Trinajstić information content (AvgIpc) is 3.27. The van der Waals surface area contributed by atoms with Gasteiger partial charge in [0.1, 0.15) is 0 Å². The summed E-state index contributed by atoms with van der Waals surface area (Å²) in [7, 11) is 2.23. The Morgan fingerprint density at radius 3 is 1.63 bits per heavy atom. The van der Waals surface area contributed by atoms with Crippen molar-refractivity contribution in [1.82, 2.24) is 4.57 Å². The molecule has 3 aromatic carbocycles. The molecule has 27 heavy (non-hydrogen) atoms. The Morgan fingerprint density at radius 2 is 1.07 bits per heavy atom. The Labute approximate surface area is 159 Å². The lowest BCUT2D eigenvalue weighted by Crippen LogP contribution is -2.28. The van der Waals surface area contributed by atoms with Gasteiger partial charge in [0.15, 0.2) is 0 Å². The Bertz CT molecular complexity index is 1210. The largest absolute Gasteiger partial charge is 0.350 e. The lowest BCUT2D eigenvalue weighted by Gasteiger charge is -2.31. The maximum absolute atomic E-state index is 2.43. The highest BCUT2D eigenvalue weighted by Gasteiger charge is 2.53. The lowest BCUT2D eigenvalue weighted by molar-refractivity contribution is 0.687. The molecule has 2 aliphatic carbocycles. The van der Waals surface area contributed by atoms with Crippen LogP contribution in [0, 0.1) is 13.8 Å². The number of hydrogen-bond acceptors (Lipinski definition) is 0. The zero-order valence-corrected chi connectivity index (χ0v) is 15.9. The van der Waals surface area contributed by atoms with Crippen molar-refractivity contribution >= 4 is 0 Å². The van der Waals surface area contributed by atoms with Crippen LogP contribution in [0.15, 0.2) is 72.8 Å². The third-order valence-corrected chi connectivity index (χ3v) is 6.90. The molecule has 6 rings (SSSR count). The van der Waals surface area contributed by atoms with Gasteiger partial charge in [0.05, 0.1) is 5.41 Å². The van der Waals surface area contributed by atoms with Crippen LogP contribution >= 0.6 is 0 Å². The Morgan fingerprint density at radius 1 is 0.630 bits per heavy atom. The van der Waals surface area contributed by atoms with E-state index in [4.69, 9.17) is 0 Å². The maximum atomic E-state index is 2.43. The van der Waals surface area contributed by atoms with E-state index in [0.29, 0.717) is 0 Å². The van der Waals surface area contributed by atoms with Crippen molar-refractivity contribution in [3.63, 3.8) is 0 Å². The van der Waals surface area contributed by atoms with E-state index >= 15 is 0 Å². The van der Waals surface area contributed by atoms with Crippen molar-refractivity contribution in [2.75, 3.05) is 0 Å². The topological polar surface area (TPSA) is 4.93 Å². The van der Waals surface area contributed by atoms with Crippen LogP contribution in [0.25, 0.3) is 22.3 Å². The summed E-state index contributed by atoms with van der Waals surface area (Å²) in [6.07, 6.45) is 0. The van der Waals surface area contributed by atoms with Crippen LogP contribution in [0.5, 0.6) is 0 Å². The monoisotopic (exact) mass is 347 g/mol. The van der Waals surface area contributed by atoms with Crippen molar-refractivity contribution in [2.45, 2.75) is 19.3 Å². The summed E-state index contributed by atoms with van der Waals surface area (Å²) >= 11 is 0. The second kappa shape index (κ2) is 4.80. The van der Waals surface area contributed by atoms with Crippen molar-refractivity contribution in [1.29, 1.82) is 0 Å². The molecule has 4 aromatic rings. The molecule has 0 amide bonds. The minimum atomic E-state index is -0.215. The van der Waals surface area contributed by atoms with Crippen LogP contribution in [0.1, 0.15) is 33.6 Å². The highest BCUT2D eigenvalue weighted by Crippen LogP contribution is 2.63. The number of hydrogen-bond donors (Lipinski definition) is 0. The number of fused-ring (bicyclic) bond motifs is 10. The van der Waals surface area contributed by atoms with Gasteiger partial charge in [-0.25, -0.2) is 0 Å². The predicted octanol–water partition coefficient (Wildman–Crippen LogP) is 5.99. The van der Waals surface area contributed by atoms with Gasteiger partial charge >= 0.3 is 0 Å². The molecule has 1 heteroatoms. The van der Waals surface area contributed by atoms with Crippen molar-refractivity contribution < 1.29 is 0 Å². The standard InChI is InChI=1S/C26H21N/c1-16-17(2)27(3)25-24(16)20-12-6-9-15-23(20)26(25)21-13-7-4-10-18(21)19-11-5-8-14-22(19)26/h4-15H,1-3H3. The summed E-state index contributed by atoms with van der Waals surface area (Å²) in [5.41, 5.74) is 13.8. The van der Waals surface area contributed by atoms with Crippen LogP contribution in [0.2, 0.25) is 0 Å². The van der Waals surface area contributed by atoms with Crippen molar-refractivity contribution in [3.05, 3.63) is 106 Å². The molecule has 0 N–H and O–H groups in total. The first-order valence-electron chi connectivity index (χ1n) is 9.63. The molecule has 0 radical (unpaired) electrons. The molecule has 0 fully saturated rings. The fraction of sp³-hybridized carbons (Fsp3) is 0.154. The fourth-order valence-corrected chi connectivity index (χ4v) is 5.65. The molecule has 0 saturated carbocycles. The molecule has 2 aliphatic rings. The smallest absolute Gasteiger partial charge is 0.0878 e. The second-order valence-corrected chi connectivity index (χ2v) is 7.88. The minimum Gasteiger partial charge on any atom is -0.350 e. The summed E-state index contributed by atoms with van der Waals surface area (Å²) in [5.74, 6) is 0. The van der Waals surface area contributed by atoms with E-state index in [1.54, 1.807) is 0 Å². The van der Waals surface area contributed by atoms with Gasteiger partial charge in [-0.1, -0.05) is 72.8 Å². The van der Waals surface area contributed by atoms with Crippen molar-refractivity contribution in [2.24, 2.45) is 7.05 Å². The number of nitrogens with zero attached hydrogens (tertiary/aromatic N) is 1. The third kappa shape index (κ3) is 1.50. The Kier molecular flexibility index (Phi) is 2.68. The predicted molar refractivity (Wildman–Crippen MR) is 111 cm³/mol. The van der Waals surface area contributed by atoms with Crippen molar-refractivity contribution in [3.8, 4) is 22.3 Å². The molecule has 1 spiro atoms. The highest BCUT2D eigenvalue weighted by atomic mass is 15.0. The molecular weight excluding hydrogens is 326 g/mol. The molecule has 1 heterocycles. The average molecular weight is 347 g/mol. The molecule has 130 valence electrons. The summed E-state index contributed by atoms with van der Waals surface area (Å²) in [4.78, 5) is 0. The van der Waals surface area contributed by atoms with Crippen LogP contribution in [-0.2, 0) is 12.5 Å². The van der Waals surface area contributed by atoms with E-state index in [1.807, 2.05) is 0 Å². The first-order valence-corrected chi connectivity index (χ1v) is 9.63. The van der Waals surface area contributed by atoms with Crippen LogP contribution in [0.3, 0.4) is 0 Å². The van der Waals surface area contributed by atoms with E-state index in [1.165, 1.54) is 55.9 Å². The van der Waals surface area contributed by atoms with Gasteiger partial charge in [0, 0.05) is 24.0 Å². The number of rotatable bonds is 0. The van der Waals surface area contributed by atoms with Gasteiger partial charge in [0.25, 0.3) is 0 Å². The van der Waals surface area contributed by atoms with Crippen LogP contribution in [0.4, 0.5) is 0 Å². The number of aromatic nitrogens is 1. The first-order chi connectivity index (χ1) is 13.2. The maximum Gasteiger partial charge on any atom is 0.0878 e. The molecule has 0 bridgehead atoms. The van der Waals surface area contributed by atoms with E-state index in [-0.39, 0.29) is 5.41 Å². The van der Waals surface area contributed by atoms with Gasteiger partial charge in [-0.3, -0.25) is 0 Å². The van der Waals surface area contributed by atoms with E-state index in [9.17, 15) is 0 Å². The van der Waals surface area contributed by atoms with Gasteiger partial charge in [-0.15, -0.1) is 0 Å². The summed E-state index contributed by atoms with van der Waals surface area (Å²) in [6.45, 7) is 4.52. The summed E-state index contributed by atoms with van der Waals surface area (Å²) in [6, 6.07) is 27.0. The second-order valence-electron chi connectivity index (χ2n) is 7.88. The molecule has 0 atom stereocenters. The molecule has 0 unspecified atom stereocenters. The van der Waals surface area contributed by atoms with Crippen LogP contribution in [-0.4, -0.2) is 4.57 Å². The highest BCUT2D eigenvalue weighted by molar-refractivity contribution is 5.95. The quantitative estimate of drug-likeness (QED) is 0.318. The van der Waals surface area contributed by atoms with E-state index in [0.717, 1.165) is 0 Å². The van der Waals surface area contributed by atoms with Gasteiger partial charge in [-0.2, -0.15) is 0 Å². The summed E-state index contributed by atoms with van der Waals surface area (Å²) < 4.78 is 2.43. The molecule has 1 aromatic heterocycles. The first kappa shape index (κ1) is 15.0. The van der Waals surface area contributed by atoms with Gasteiger partial charge < -0.3 is 4.57 Å². The van der Waals surface area contributed by atoms with E-state index in [2.05, 4.69) is 98.3 Å². The van der Waals surface area contributed by atoms with Crippen LogP contribution < -0.4 is 0 Å². The molecule has 0 saturated heterocycles. The minimum absolute atomic E-state index is 0.215. The molecular formula is C26H21N. The lowest BCUT2D eigenvalue weighted by atomic mass is 9.72. The zero-order chi connectivity index (χ0) is 18.3.